The number of anilines is 2. The van der Waals surface area contributed by atoms with E-state index < -0.39 is 0 Å². The Morgan fingerprint density at radius 3 is 3.00 bits per heavy atom. The number of benzene rings is 1. The van der Waals surface area contributed by atoms with Crippen LogP contribution in [0.25, 0.3) is 10.6 Å². The summed E-state index contributed by atoms with van der Waals surface area (Å²) in [5.74, 6) is 0.0298. The Kier molecular flexibility index (Phi) is 5.54. The third kappa shape index (κ3) is 4.31. The molecule has 2 N–H and O–H groups in total. The Morgan fingerprint density at radius 1 is 1.29 bits per heavy atom. The highest BCUT2D eigenvalue weighted by atomic mass is 32.1. The number of rotatable bonds is 7. The summed E-state index contributed by atoms with van der Waals surface area (Å²) in [5, 5.41) is 8.38. The number of hydrogen-bond donors (Lipinski definition) is 2. The second-order valence-corrected chi connectivity index (χ2v) is 8.80. The van der Waals surface area contributed by atoms with Crippen LogP contribution in [0, 0.1) is 0 Å². The summed E-state index contributed by atoms with van der Waals surface area (Å²) in [6.07, 6.45) is 3.49. The van der Waals surface area contributed by atoms with Gasteiger partial charge in [0.1, 0.15) is 0 Å². The summed E-state index contributed by atoms with van der Waals surface area (Å²) in [6.45, 7) is 2.14. The Morgan fingerprint density at radius 2 is 2.18 bits per heavy atom. The first-order chi connectivity index (χ1) is 13.6. The van der Waals surface area contributed by atoms with E-state index in [1.165, 1.54) is 16.2 Å². The number of thiazole rings is 1. The summed E-state index contributed by atoms with van der Waals surface area (Å²) < 4.78 is 0. The van der Waals surface area contributed by atoms with Crippen molar-refractivity contribution in [3.8, 4) is 10.6 Å². The van der Waals surface area contributed by atoms with E-state index in [2.05, 4.69) is 40.7 Å². The number of nitrogens with one attached hydrogen (secondary N) is 2. The molecule has 0 atom stereocenters. The topological polar surface area (TPSA) is 71.1 Å². The molecule has 1 aliphatic rings. The fourth-order valence-corrected chi connectivity index (χ4v) is 4.93. The number of carbonyl (C=O) groups excluding carboxylic acids is 2. The van der Waals surface area contributed by atoms with Gasteiger partial charge in [0.25, 0.3) is 0 Å². The molecular weight excluding hydrogens is 390 g/mol. The normalized spacial score (nSPS) is 12.7. The van der Waals surface area contributed by atoms with Gasteiger partial charge >= 0.3 is 0 Å². The first kappa shape index (κ1) is 18.8. The van der Waals surface area contributed by atoms with Gasteiger partial charge in [-0.2, -0.15) is 0 Å². The number of fused-ring (bicyclic) bond motifs is 1. The molecule has 0 saturated heterocycles. The standard InChI is InChI=1S/C21H21N3O2S2/c1-2-15-7-9-18(28-15)17-12-27-21(23-17)24-19(25)5-3-4-13-6-8-16-14(10-13)11-20(26)22-16/h6-10,12H,2-5,11H2,1H3,(H,22,26)(H,23,24,25). The van der Waals surface area contributed by atoms with Gasteiger partial charge in [0.05, 0.1) is 17.0 Å². The van der Waals surface area contributed by atoms with Crippen LogP contribution in [0.15, 0.2) is 35.7 Å². The summed E-state index contributed by atoms with van der Waals surface area (Å²) in [5.41, 5.74) is 4.03. The van der Waals surface area contributed by atoms with Gasteiger partial charge in [-0.15, -0.1) is 22.7 Å². The number of aryl methyl sites for hydroxylation is 2. The Hall–Kier alpha value is -2.51. The molecule has 0 saturated carbocycles. The molecule has 0 spiro atoms. The molecule has 2 amide bonds. The monoisotopic (exact) mass is 411 g/mol. The number of thiophene rings is 1. The Labute approximate surface area is 171 Å². The molecule has 0 fully saturated rings. The van der Waals surface area contributed by atoms with Gasteiger partial charge in [-0.1, -0.05) is 19.1 Å². The van der Waals surface area contributed by atoms with E-state index in [0.29, 0.717) is 18.0 Å². The van der Waals surface area contributed by atoms with Crippen LogP contribution < -0.4 is 10.6 Å². The van der Waals surface area contributed by atoms with Crippen molar-refractivity contribution in [2.24, 2.45) is 0 Å². The second kappa shape index (κ2) is 8.24. The first-order valence-electron chi connectivity index (χ1n) is 9.37. The molecule has 1 aromatic carbocycles. The van der Waals surface area contributed by atoms with Crippen LogP contribution in [0.2, 0.25) is 0 Å². The van der Waals surface area contributed by atoms with Gasteiger partial charge in [0.15, 0.2) is 5.13 Å². The molecule has 2 aromatic heterocycles. The van der Waals surface area contributed by atoms with Gasteiger partial charge in [-0.05, 0) is 48.6 Å². The van der Waals surface area contributed by atoms with Crippen LogP contribution in [0.5, 0.6) is 0 Å². The summed E-state index contributed by atoms with van der Waals surface area (Å²) >= 11 is 3.20. The zero-order valence-electron chi connectivity index (χ0n) is 15.6. The average Bonchev–Trinajstić information content (AvgIpc) is 3.39. The minimum absolute atomic E-state index is 0.0145. The molecular formula is C21H21N3O2S2. The van der Waals surface area contributed by atoms with Gasteiger partial charge in [0.2, 0.25) is 11.8 Å². The van der Waals surface area contributed by atoms with Crippen molar-refractivity contribution in [1.29, 1.82) is 0 Å². The minimum Gasteiger partial charge on any atom is -0.326 e. The summed E-state index contributed by atoms with van der Waals surface area (Å²) in [6, 6.07) is 10.2. The maximum absolute atomic E-state index is 12.2. The second-order valence-electron chi connectivity index (χ2n) is 6.78. The lowest BCUT2D eigenvalue weighted by atomic mass is 10.0. The highest BCUT2D eigenvalue weighted by Gasteiger charge is 2.17. The predicted molar refractivity (Wildman–Crippen MR) is 115 cm³/mol. The molecule has 1 aliphatic heterocycles. The molecule has 144 valence electrons. The minimum atomic E-state index is -0.0145. The van der Waals surface area contributed by atoms with Crippen molar-refractivity contribution >= 4 is 45.3 Å². The van der Waals surface area contributed by atoms with E-state index in [1.807, 2.05) is 17.5 Å². The van der Waals surface area contributed by atoms with E-state index >= 15 is 0 Å². The van der Waals surface area contributed by atoms with Gasteiger partial charge in [-0.25, -0.2) is 4.98 Å². The van der Waals surface area contributed by atoms with Crippen LogP contribution >= 0.6 is 22.7 Å². The van der Waals surface area contributed by atoms with E-state index in [9.17, 15) is 9.59 Å². The highest BCUT2D eigenvalue weighted by molar-refractivity contribution is 7.17. The van der Waals surface area contributed by atoms with E-state index in [1.54, 1.807) is 11.3 Å². The molecule has 3 aromatic rings. The van der Waals surface area contributed by atoms with Crippen molar-refractivity contribution in [3.63, 3.8) is 0 Å². The van der Waals surface area contributed by atoms with Gasteiger partial charge in [0, 0.05) is 22.4 Å². The fourth-order valence-electron chi connectivity index (χ4n) is 3.22. The smallest absolute Gasteiger partial charge is 0.228 e. The molecule has 4 rings (SSSR count). The Balaban J connectivity index is 1.27. The molecule has 0 bridgehead atoms. The lowest BCUT2D eigenvalue weighted by molar-refractivity contribution is -0.116. The SMILES string of the molecule is CCc1ccc(-c2csc(NC(=O)CCCc3ccc4c(c3)CC(=O)N4)n2)s1. The van der Waals surface area contributed by atoms with Crippen molar-refractivity contribution in [2.75, 3.05) is 10.6 Å². The molecule has 0 aliphatic carbocycles. The third-order valence-corrected chi connectivity index (χ3v) is 6.69. The van der Waals surface area contributed by atoms with Gasteiger partial charge < -0.3 is 10.6 Å². The zero-order valence-corrected chi connectivity index (χ0v) is 17.2. The molecule has 7 heteroatoms. The maximum atomic E-state index is 12.2. The van der Waals surface area contributed by atoms with Crippen molar-refractivity contribution < 1.29 is 9.59 Å². The van der Waals surface area contributed by atoms with Crippen molar-refractivity contribution in [3.05, 3.63) is 51.7 Å². The van der Waals surface area contributed by atoms with E-state index in [-0.39, 0.29) is 11.8 Å². The van der Waals surface area contributed by atoms with Crippen molar-refractivity contribution in [2.45, 2.75) is 39.0 Å². The van der Waals surface area contributed by atoms with E-state index in [4.69, 9.17) is 0 Å². The zero-order chi connectivity index (χ0) is 19.5. The quantitative estimate of drug-likeness (QED) is 0.581. The summed E-state index contributed by atoms with van der Waals surface area (Å²) in [7, 11) is 0. The number of nitrogens with zero attached hydrogens (tertiary/aromatic N) is 1. The van der Waals surface area contributed by atoms with Gasteiger partial charge in [-0.3, -0.25) is 9.59 Å². The van der Waals surface area contributed by atoms with Crippen molar-refractivity contribution in [1.82, 2.24) is 4.98 Å². The predicted octanol–water partition coefficient (Wildman–Crippen LogP) is 4.89. The van der Waals surface area contributed by atoms with E-state index in [0.717, 1.165) is 46.6 Å². The van der Waals surface area contributed by atoms with Crippen LogP contribution in [0.1, 0.15) is 35.8 Å². The van der Waals surface area contributed by atoms with Crippen LogP contribution in [-0.2, 0) is 28.9 Å². The lowest BCUT2D eigenvalue weighted by Gasteiger charge is -2.05. The first-order valence-corrected chi connectivity index (χ1v) is 11.1. The summed E-state index contributed by atoms with van der Waals surface area (Å²) in [4.78, 5) is 30.7. The molecule has 0 unspecified atom stereocenters. The molecule has 0 radical (unpaired) electrons. The number of aromatic nitrogens is 1. The third-order valence-electron chi connectivity index (χ3n) is 4.68. The average molecular weight is 412 g/mol. The maximum Gasteiger partial charge on any atom is 0.228 e. The number of carbonyl (C=O) groups is 2. The number of hydrogen-bond acceptors (Lipinski definition) is 5. The lowest BCUT2D eigenvalue weighted by Crippen LogP contribution is -2.11. The molecule has 28 heavy (non-hydrogen) atoms. The number of amides is 2. The van der Waals surface area contributed by atoms with Crippen LogP contribution in [-0.4, -0.2) is 16.8 Å². The molecule has 3 heterocycles. The van der Waals surface area contributed by atoms with Crippen LogP contribution in [0.4, 0.5) is 10.8 Å². The van der Waals surface area contributed by atoms with Crippen LogP contribution in [0.3, 0.4) is 0 Å². The highest BCUT2D eigenvalue weighted by Crippen LogP contribution is 2.31. The fraction of sp³-hybridized carbons (Fsp3) is 0.286. The molecule has 5 nitrogen and oxygen atoms in total. The Bertz CT molecular complexity index is 1020. The largest absolute Gasteiger partial charge is 0.326 e.